The van der Waals surface area contributed by atoms with E-state index in [2.05, 4.69) is 20.6 Å². The van der Waals surface area contributed by atoms with E-state index in [4.69, 9.17) is 0 Å². The number of carbonyl (C=O) groups excluding carboxylic acids is 1. The molecule has 122 valence electrons. The zero-order valence-electron chi connectivity index (χ0n) is 12.5. The first-order chi connectivity index (χ1) is 10.8. The van der Waals surface area contributed by atoms with Crippen molar-refractivity contribution in [2.45, 2.75) is 26.1 Å². The maximum Gasteiger partial charge on any atom is 0.419 e. The summed E-state index contributed by atoms with van der Waals surface area (Å²) >= 11 is 0. The molecule has 0 aliphatic carbocycles. The Morgan fingerprint density at radius 1 is 1.13 bits per heavy atom. The van der Waals surface area contributed by atoms with Crippen LogP contribution in [0.2, 0.25) is 0 Å². The van der Waals surface area contributed by atoms with E-state index in [1.807, 2.05) is 6.92 Å². The van der Waals surface area contributed by atoms with E-state index in [0.717, 1.165) is 18.0 Å². The van der Waals surface area contributed by atoms with E-state index in [1.165, 1.54) is 6.92 Å². The van der Waals surface area contributed by atoms with E-state index >= 15 is 0 Å². The van der Waals surface area contributed by atoms with Gasteiger partial charge in [-0.25, -0.2) is 9.97 Å². The van der Waals surface area contributed by atoms with E-state index in [9.17, 15) is 18.0 Å². The number of halogens is 3. The fourth-order valence-electron chi connectivity index (χ4n) is 1.91. The summed E-state index contributed by atoms with van der Waals surface area (Å²) in [6.07, 6.45) is -3.01. The second kappa shape index (κ2) is 6.64. The van der Waals surface area contributed by atoms with Crippen molar-refractivity contribution in [3.05, 3.63) is 47.8 Å². The second-order valence-corrected chi connectivity index (χ2v) is 4.96. The van der Waals surface area contributed by atoms with Gasteiger partial charge in [0.1, 0.15) is 0 Å². The van der Waals surface area contributed by atoms with Crippen LogP contribution in [0.25, 0.3) is 0 Å². The molecule has 23 heavy (non-hydrogen) atoms. The summed E-state index contributed by atoms with van der Waals surface area (Å²) in [7, 11) is 0. The van der Waals surface area contributed by atoms with Gasteiger partial charge in [0.2, 0.25) is 11.9 Å². The Bertz CT molecular complexity index is 669. The van der Waals surface area contributed by atoms with Gasteiger partial charge in [-0.2, -0.15) is 13.2 Å². The number of alkyl halides is 3. The third-order valence-electron chi connectivity index (χ3n) is 3.07. The molecule has 0 aliphatic rings. The monoisotopic (exact) mass is 324 g/mol. The van der Waals surface area contributed by atoms with Crippen molar-refractivity contribution in [3.63, 3.8) is 0 Å². The van der Waals surface area contributed by atoms with Gasteiger partial charge in [0, 0.05) is 25.0 Å². The first-order valence-corrected chi connectivity index (χ1v) is 6.79. The van der Waals surface area contributed by atoms with Gasteiger partial charge in [-0.05, 0) is 24.6 Å². The van der Waals surface area contributed by atoms with Crippen LogP contribution in [0.1, 0.15) is 31.0 Å². The molecule has 1 heterocycles. The largest absolute Gasteiger partial charge is 0.419 e. The van der Waals surface area contributed by atoms with Crippen LogP contribution in [0.4, 0.5) is 24.8 Å². The van der Waals surface area contributed by atoms with E-state index in [1.54, 1.807) is 24.3 Å². The van der Waals surface area contributed by atoms with Crippen molar-refractivity contribution in [2.24, 2.45) is 0 Å². The third-order valence-corrected chi connectivity index (χ3v) is 3.07. The molecular weight excluding hydrogens is 309 g/mol. The molecule has 1 aromatic heterocycles. The van der Waals surface area contributed by atoms with Gasteiger partial charge in [-0.3, -0.25) is 4.79 Å². The Hall–Kier alpha value is -2.64. The Morgan fingerprint density at radius 3 is 2.17 bits per heavy atom. The van der Waals surface area contributed by atoms with Crippen LogP contribution in [0.5, 0.6) is 0 Å². The number of carbonyl (C=O) groups is 1. The van der Waals surface area contributed by atoms with E-state index in [-0.39, 0.29) is 17.9 Å². The predicted octanol–water partition coefficient (Wildman–Crippen LogP) is 3.44. The fraction of sp³-hybridized carbons (Fsp3) is 0.267. The van der Waals surface area contributed by atoms with Gasteiger partial charge in [0.25, 0.3) is 0 Å². The molecule has 1 amide bonds. The Morgan fingerprint density at radius 2 is 1.70 bits per heavy atom. The van der Waals surface area contributed by atoms with Crippen LogP contribution in [0.3, 0.4) is 0 Å². The van der Waals surface area contributed by atoms with Crippen molar-refractivity contribution in [2.75, 3.05) is 5.32 Å². The van der Waals surface area contributed by atoms with Crippen molar-refractivity contribution in [1.29, 1.82) is 0 Å². The van der Waals surface area contributed by atoms with Crippen LogP contribution in [-0.4, -0.2) is 15.9 Å². The fourth-order valence-corrected chi connectivity index (χ4v) is 1.91. The Balaban J connectivity index is 2.05. The van der Waals surface area contributed by atoms with Crippen molar-refractivity contribution in [1.82, 2.24) is 15.3 Å². The molecule has 0 radical (unpaired) electrons. The number of nitrogens with zero attached hydrogens (tertiary/aromatic N) is 2. The summed E-state index contributed by atoms with van der Waals surface area (Å²) < 4.78 is 37.3. The molecule has 1 aromatic carbocycles. The van der Waals surface area contributed by atoms with Gasteiger partial charge in [-0.1, -0.05) is 12.1 Å². The third kappa shape index (κ3) is 4.67. The molecule has 0 bridgehead atoms. The highest BCUT2D eigenvalue weighted by atomic mass is 19.4. The molecule has 0 saturated heterocycles. The molecule has 0 spiro atoms. The summed E-state index contributed by atoms with van der Waals surface area (Å²) in [6, 6.07) is 6.92. The number of nitrogens with one attached hydrogen (secondary N) is 2. The number of hydrogen-bond donors (Lipinski definition) is 2. The molecule has 0 aliphatic heterocycles. The topological polar surface area (TPSA) is 66.9 Å². The summed E-state index contributed by atoms with van der Waals surface area (Å²) in [5, 5.41) is 5.57. The van der Waals surface area contributed by atoms with E-state index in [0.29, 0.717) is 5.69 Å². The van der Waals surface area contributed by atoms with Crippen LogP contribution in [0, 0.1) is 0 Å². The van der Waals surface area contributed by atoms with Crippen LogP contribution < -0.4 is 10.6 Å². The molecule has 1 atom stereocenters. The lowest BCUT2D eigenvalue weighted by Gasteiger charge is -2.13. The molecule has 2 N–H and O–H groups in total. The lowest BCUT2D eigenvalue weighted by molar-refractivity contribution is -0.138. The quantitative estimate of drug-likeness (QED) is 0.904. The minimum absolute atomic E-state index is 0.0701. The lowest BCUT2D eigenvalue weighted by atomic mass is 10.1. The Kier molecular flexibility index (Phi) is 4.83. The molecule has 0 saturated carbocycles. The Labute approximate surface area is 131 Å². The standard InChI is InChI=1S/C15H15F3N4O/c1-9(21-10(2)23)11-3-5-13(6-4-11)22-14-19-7-12(8-20-14)15(16,17)18/h3-9H,1-2H3,(H,21,23)(H,19,20,22). The normalized spacial score (nSPS) is 12.6. The van der Waals surface area contributed by atoms with Crippen molar-refractivity contribution in [3.8, 4) is 0 Å². The average molecular weight is 324 g/mol. The number of amides is 1. The molecule has 5 nitrogen and oxygen atoms in total. The number of rotatable bonds is 4. The first kappa shape index (κ1) is 16.7. The van der Waals surface area contributed by atoms with Crippen LogP contribution in [0.15, 0.2) is 36.7 Å². The number of hydrogen-bond acceptors (Lipinski definition) is 4. The SMILES string of the molecule is CC(=O)NC(C)c1ccc(Nc2ncc(C(F)(F)F)cn2)cc1. The molecule has 2 rings (SSSR count). The summed E-state index contributed by atoms with van der Waals surface area (Å²) in [5.74, 6) is -0.0569. The maximum atomic E-state index is 12.4. The zero-order chi connectivity index (χ0) is 17.0. The highest BCUT2D eigenvalue weighted by Gasteiger charge is 2.31. The summed E-state index contributed by atoms with van der Waals surface area (Å²) in [6.45, 7) is 3.29. The number of aromatic nitrogens is 2. The molecule has 8 heteroatoms. The summed E-state index contributed by atoms with van der Waals surface area (Å²) in [4.78, 5) is 18.3. The first-order valence-electron chi connectivity index (χ1n) is 6.79. The zero-order valence-corrected chi connectivity index (χ0v) is 12.5. The maximum absolute atomic E-state index is 12.4. The van der Waals surface area contributed by atoms with Gasteiger partial charge < -0.3 is 10.6 Å². The van der Waals surface area contributed by atoms with Gasteiger partial charge in [0.05, 0.1) is 11.6 Å². The minimum Gasteiger partial charge on any atom is -0.350 e. The predicted molar refractivity (Wildman–Crippen MR) is 79.0 cm³/mol. The van der Waals surface area contributed by atoms with Gasteiger partial charge in [-0.15, -0.1) is 0 Å². The minimum atomic E-state index is -4.46. The van der Waals surface area contributed by atoms with E-state index < -0.39 is 11.7 Å². The second-order valence-electron chi connectivity index (χ2n) is 4.96. The van der Waals surface area contributed by atoms with Crippen LogP contribution >= 0.6 is 0 Å². The molecule has 1 unspecified atom stereocenters. The molecular formula is C15H15F3N4O. The highest BCUT2D eigenvalue weighted by Crippen LogP contribution is 2.28. The lowest BCUT2D eigenvalue weighted by Crippen LogP contribution is -2.23. The molecule has 2 aromatic rings. The molecule has 0 fully saturated rings. The van der Waals surface area contributed by atoms with Crippen molar-refractivity contribution < 1.29 is 18.0 Å². The van der Waals surface area contributed by atoms with Gasteiger partial charge >= 0.3 is 6.18 Å². The number of benzene rings is 1. The van der Waals surface area contributed by atoms with Crippen LogP contribution in [-0.2, 0) is 11.0 Å². The summed E-state index contributed by atoms with van der Waals surface area (Å²) in [5.41, 5.74) is 0.630. The smallest absolute Gasteiger partial charge is 0.350 e. The van der Waals surface area contributed by atoms with Gasteiger partial charge in [0.15, 0.2) is 0 Å². The highest BCUT2D eigenvalue weighted by molar-refractivity contribution is 5.73. The van der Waals surface area contributed by atoms with Crippen molar-refractivity contribution >= 4 is 17.5 Å². The average Bonchev–Trinajstić information content (AvgIpc) is 2.47. The number of anilines is 2.